The third kappa shape index (κ3) is 10.6. The van der Waals surface area contributed by atoms with Crippen LogP contribution < -0.4 is 18.9 Å². The molecule has 0 N–H and O–H groups in total. The highest BCUT2D eigenvalue weighted by Gasteiger charge is 2.56. The molecule has 0 aliphatic heterocycles. The van der Waals surface area contributed by atoms with Crippen molar-refractivity contribution >= 4 is 11.9 Å². The smallest absolute Gasteiger partial charge is 0.316 e. The number of ether oxygens (including phenoxy) is 4. The lowest BCUT2D eigenvalue weighted by Gasteiger charge is -2.48. The van der Waals surface area contributed by atoms with Crippen LogP contribution in [0.25, 0.3) is 22.3 Å². The van der Waals surface area contributed by atoms with E-state index < -0.39 is 23.8 Å². The van der Waals surface area contributed by atoms with Crippen molar-refractivity contribution in [3.63, 3.8) is 0 Å². The van der Waals surface area contributed by atoms with E-state index in [4.69, 9.17) is 18.9 Å². The molecular formula is C58H62O6. The van der Waals surface area contributed by atoms with Crippen LogP contribution in [-0.4, -0.2) is 25.2 Å². The first-order valence-electron chi connectivity index (χ1n) is 23.8. The molecule has 0 aromatic heterocycles. The van der Waals surface area contributed by atoms with Gasteiger partial charge in [0.1, 0.15) is 23.0 Å². The fourth-order valence-electron chi connectivity index (χ4n) is 9.67. The van der Waals surface area contributed by atoms with E-state index in [9.17, 15) is 9.59 Å². The highest BCUT2D eigenvalue weighted by atomic mass is 16.5. The van der Waals surface area contributed by atoms with Crippen molar-refractivity contribution in [1.29, 1.82) is 0 Å². The van der Waals surface area contributed by atoms with E-state index >= 15 is 0 Å². The molecular weight excluding hydrogens is 793 g/mol. The topological polar surface area (TPSA) is 71.1 Å². The van der Waals surface area contributed by atoms with Gasteiger partial charge in [-0.1, -0.05) is 175 Å². The maximum Gasteiger partial charge on any atom is 0.316 e. The maximum atomic E-state index is 14.6. The summed E-state index contributed by atoms with van der Waals surface area (Å²) in [4.78, 5) is 29.2. The minimum atomic E-state index is -0.799. The van der Waals surface area contributed by atoms with Gasteiger partial charge in [0.05, 0.1) is 25.0 Å². The molecule has 0 radical (unpaired) electrons. The molecule has 0 fully saturated rings. The molecule has 0 unspecified atom stereocenters. The summed E-state index contributed by atoms with van der Waals surface area (Å²) in [7, 11) is 0. The normalized spacial score (nSPS) is 17.0. The monoisotopic (exact) mass is 854 g/mol. The number of carbonyl (C=O) groups is 2. The number of hydrogen-bond acceptors (Lipinski definition) is 6. The molecule has 3 aliphatic carbocycles. The summed E-state index contributed by atoms with van der Waals surface area (Å²) >= 11 is 0. The van der Waals surface area contributed by atoms with E-state index in [-0.39, 0.29) is 11.8 Å². The standard InChI is InChI=1S/C58H62O6/c1-3-5-7-9-11-17-39-61-45-31-23-41(24-32-45)43-27-35-47(36-28-43)63-57(59)55-53-49-19-13-15-21-51(49)54(52-22-16-14-20-50(52)53)56(55)58(60)64-48-37-29-44(30-38-48)42-25-33-46(34-26-42)62-40-18-12-10-8-6-4-2/h13-16,19-38,53-56H,3-12,17-18,39-40H2,1-2H3/t53?,54?,55-,56-/m1/s1. The molecule has 0 spiro atoms. The first-order valence-corrected chi connectivity index (χ1v) is 23.8. The molecule has 2 atom stereocenters. The summed E-state index contributed by atoms with van der Waals surface area (Å²) in [5, 5.41) is 0. The van der Waals surface area contributed by atoms with Gasteiger partial charge in [0, 0.05) is 11.8 Å². The quantitative estimate of drug-likeness (QED) is 0.0385. The number of rotatable bonds is 22. The Labute approximate surface area is 380 Å². The molecule has 6 nitrogen and oxygen atoms in total. The lowest BCUT2D eigenvalue weighted by atomic mass is 9.54. The van der Waals surface area contributed by atoms with E-state index in [2.05, 4.69) is 62.4 Å². The Morgan fingerprint density at radius 1 is 0.359 bits per heavy atom. The summed E-state index contributed by atoms with van der Waals surface area (Å²) in [6, 6.07) is 47.7. The zero-order valence-corrected chi connectivity index (χ0v) is 37.5. The fourth-order valence-corrected chi connectivity index (χ4v) is 9.67. The summed E-state index contributed by atoms with van der Waals surface area (Å²) < 4.78 is 24.4. The van der Waals surface area contributed by atoms with E-state index in [1.807, 2.05) is 97.1 Å². The van der Waals surface area contributed by atoms with Gasteiger partial charge < -0.3 is 18.9 Å². The van der Waals surface area contributed by atoms with E-state index in [1.165, 1.54) is 64.2 Å². The third-order valence-corrected chi connectivity index (χ3v) is 13.0. The maximum absolute atomic E-state index is 14.6. The second kappa shape index (κ2) is 22.0. The zero-order valence-electron chi connectivity index (χ0n) is 37.5. The Kier molecular flexibility index (Phi) is 15.3. The first kappa shape index (κ1) is 44.5. The van der Waals surface area contributed by atoms with Gasteiger partial charge in [0.2, 0.25) is 0 Å². The van der Waals surface area contributed by atoms with Gasteiger partial charge in [-0.05, 0) is 106 Å². The average Bonchev–Trinajstić information content (AvgIpc) is 3.34. The van der Waals surface area contributed by atoms with Crippen molar-refractivity contribution in [3.8, 4) is 45.3 Å². The van der Waals surface area contributed by atoms with Crippen LogP contribution in [0.3, 0.4) is 0 Å². The molecule has 0 saturated carbocycles. The molecule has 64 heavy (non-hydrogen) atoms. The SMILES string of the molecule is CCCCCCCCOc1ccc(-c2ccc(OC(=O)[C@@H]3C4c5ccccc5C(c5ccccc54)[C@H]3C(=O)Oc3ccc(-c4ccc(OCCCCCCCC)cc4)cc3)cc2)cc1. The minimum absolute atomic E-state index is 0.372. The molecule has 0 heterocycles. The number of carbonyl (C=O) groups excluding carboxylic acids is 2. The van der Waals surface area contributed by atoms with Crippen molar-refractivity contribution in [1.82, 2.24) is 0 Å². The number of benzene rings is 6. The summed E-state index contributed by atoms with van der Waals surface area (Å²) in [6.07, 6.45) is 14.8. The Bertz CT molecular complexity index is 2200. The first-order chi connectivity index (χ1) is 31.5. The van der Waals surface area contributed by atoms with Gasteiger partial charge in [0.15, 0.2) is 0 Å². The largest absolute Gasteiger partial charge is 0.494 e. The lowest BCUT2D eigenvalue weighted by molar-refractivity contribution is -0.153. The van der Waals surface area contributed by atoms with Gasteiger partial charge >= 0.3 is 11.9 Å². The number of esters is 2. The average molecular weight is 855 g/mol. The summed E-state index contributed by atoms with van der Waals surface area (Å²) in [6.45, 7) is 5.92. The van der Waals surface area contributed by atoms with Crippen LogP contribution in [0.1, 0.15) is 125 Å². The molecule has 9 rings (SSSR count). The van der Waals surface area contributed by atoms with Gasteiger partial charge in [-0.2, -0.15) is 0 Å². The van der Waals surface area contributed by atoms with Crippen molar-refractivity contribution in [2.24, 2.45) is 11.8 Å². The lowest BCUT2D eigenvalue weighted by Crippen LogP contribution is -2.49. The van der Waals surface area contributed by atoms with E-state index in [0.29, 0.717) is 11.5 Å². The molecule has 2 bridgehead atoms. The second-order valence-electron chi connectivity index (χ2n) is 17.4. The van der Waals surface area contributed by atoms with Crippen LogP contribution in [0.15, 0.2) is 146 Å². The highest BCUT2D eigenvalue weighted by molar-refractivity contribution is 5.90. The molecule has 0 amide bonds. The van der Waals surface area contributed by atoms with E-state index in [0.717, 1.165) is 82.1 Å². The van der Waals surface area contributed by atoms with Crippen molar-refractivity contribution in [2.45, 2.75) is 103 Å². The molecule has 330 valence electrons. The van der Waals surface area contributed by atoms with E-state index in [1.54, 1.807) is 0 Å². The fraction of sp³-hybridized carbons (Fsp3) is 0.345. The Hall–Kier alpha value is -6.14. The van der Waals surface area contributed by atoms with Gasteiger partial charge in [-0.25, -0.2) is 0 Å². The molecule has 6 aromatic rings. The van der Waals surface area contributed by atoms with Crippen LogP contribution in [-0.2, 0) is 9.59 Å². The highest BCUT2D eigenvalue weighted by Crippen LogP contribution is 2.59. The number of hydrogen-bond donors (Lipinski definition) is 0. The number of unbranched alkanes of at least 4 members (excludes halogenated alkanes) is 10. The summed E-state index contributed by atoms with van der Waals surface area (Å²) in [5.41, 5.74) is 8.29. The Balaban J connectivity index is 0.943. The van der Waals surface area contributed by atoms with Crippen molar-refractivity contribution in [3.05, 3.63) is 168 Å². The van der Waals surface area contributed by atoms with Crippen LogP contribution in [0.4, 0.5) is 0 Å². The van der Waals surface area contributed by atoms with Gasteiger partial charge in [0.25, 0.3) is 0 Å². The second-order valence-corrected chi connectivity index (χ2v) is 17.4. The Morgan fingerprint density at radius 3 is 0.953 bits per heavy atom. The molecule has 0 saturated heterocycles. The van der Waals surface area contributed by atoms with Crippen LogP contribution in [0.5, 0.6) is 23.0 Å². The molecule has 3 aliphatic rings. The van der Waals surface area contributed by atoms with Gasteiger partial charge in [-0.3, -0.25) is 9.59 Å². The van der Waals surface area contributed by atoms with Crippen molar-refractivity contribution < 1.29 is 28.5 Å². The molecule has 6 aromatic carbocycles. The van der Waals surface area contributed by atoms with Gasteiger partial charge in [-0.15, -0.1) is 0 Å². The minimum Gasteiger partial charge on any atom is -0.494 e. The molecule has 6 heteroatoms. The number of fused-ring (bicyclic) bond motifs is 1. The predicted octanol–water partition coefficient (Wildman–Crippen LogP) is 14.5. The Morgan fingerprint density at radius 2 is 0.641 bits per heavy atom. The van der Waals surface area contributed by atoms with Crippen LogP contribution in [0, 0.1) is 11.8 Å². The van der Waals surface area contributed by atoms with Crippen LogP contribution in [0.2, 0.25) is 0 Å². The predicted molar refractivity (Wildman–Crippen MR) is 256 cm³/mol. The van der Waals surface area contributed by atoms with Crippen LogP contribution >= 0.6 is 0 Å². The zero-order chi connectivity index (χ0) is 44.1. The van der Waals surface area contributed by atoms with Crippen molar-refractivity contribution in [2.75, 3.05) is 13.2 Å². The third-order valence-electron chi connectivity index (χ3n) is 13.0. The summed E-state index contributed by atoms with van der Waals surface area (Å²) in [5.74, 6) is -0.657.